The van der Waals surface area contributed by atoms with Crippen molar-refractivity contribution in [2.75, 3.05) is 19.6 Å². The molecule has 5 nitrogen and oxygen atoms in total. The number of thiazole rings is 1. The van der Waals surface area contributed by atoms with Crippen molar-refractivity contribution in [1.29, 1.82) is 0 Å². The summed E-state index contributed by atoms with van der Waals surface area (Å²) < 4.78 is 6.75. The van der Waals surface area contributed by atoms with E-state index in [4.69, 9.17) is 9.72 Å². The van der Waals surface area contributed by atoms with Crippen LogP contribution in [0.5, 0.6) is 0 Å². The molecule has 0 spiro atoms. The lowest BCUT2D eigenvalue weighted by atomic mass is 9.98. The quantitative estimate of drug-likeness (QED) is 0.718. The van der Waals surface area contributed by atoms with Crippen LogP contribution in [0.2, 0.25) is 0 Å². The summed E-state index contributed by atoms with van der Waals surface area (Å²) in [6.45, 7) is 10.5. The highest BCUT2D eigenvalue weighted by atomic mass is 32.1. The number of fused-ring (bicyclic) bond motifs is 1. The van der Waals surface area contributed by atoms with Gasteiger partial charge in [0.2, 0.25) is 0 Å². The predicted molar refractivity (Wildman–Crippen MR) is 119 cm³/mol. The standard InChI is InChI=1S/C23H31N3O2S/c1-15-5-7-18(24-14-15)17-6-8-20-19(13-17)25-21(29-20)16-9-11-26(12-10-16)22(27)28-23(2,3)4/h6-8,13,15-16,24H,5,9-12,14H2,1-4H3. The first kappa shape index (κ1) is 20.2. The fraction of sp³-hybridized carbons (Fsp3) is 0.565. The van der Waals surface area contributed by atoms with Crippen molar-refractivity contribution in [2.45, 2.75) is 58.5 Å². The lowest BCUT2D eigenvalue weighted by Crippen LogP contribution is -2.41. The van der Waals surface area contributed by atoms with Gasteiger partial charge in [-0.25, -0.2) is 9.78 Å². The lowest BCUT2D eigenvalue weighted by Gasteiger charge is -2.32. The molecule has 1 saturated heterocycles. The topological polar surface area (TPSA) is 54.5 Å². The number of rotatable bonds is 2. The first-order chi connectivity index (χ1) is 13.8. The Hall–Kier alpha value is -2.08. The van der Waals surface area contributed by atoms with E-state index in [2.05, 4.69) is 36.5 Å². The largest absolute Gasteiger partial charge is 0.444 e. The van der Waals surface area contributed by atoms with Crippen molar-refractivity contribution in [3.05, 3.63) is 34.8 Å². The Morgan fingerprint density at radius 1 is 1.28 bits per heavy atom. The number of amides is 1. The number of nitrogens with one attached hydrogen (secondary N) is 1. The zero-order valence-electron chi connectivity index (χ0n) is 17.8. The zero-order valence-corrected chi connectivity index (χ0v) is 18.6. The maximum Gasteiger partial charge on any atom is 0.410 e. The van der Waals surface area contributed by atoms with E-state index < -0.39 is 5.60 Å². The molecule has 1 atom stereocenters. The summed E-state index contributed by atoms with van der Waals surface area (Å²) in [6, 6.07) is 6.60. The first-order valence-corrected chi connectivity index (χ1v) is 11.4. The molecule has 1 N–H and O–H groups in total. The average Bonchev–Trinajstić information content (AvgIpc) is 3.11. The van der Waals surface area contributed by atoms with Crippen LogP contribution in [0.15, 0.2) is 24.3 Å². The number of benzene rings is 1. The Kier molecular flexibility index (Phi) is 5.56. The summed E-state index contributed by atoms with van der Waals surface area (Å²) in [5.41, 5.74) is 3.09. The Labute approximate surface area is 177 Å². The molecular formula is C23H31N3O2S. The van der Waals surface area contributed by atoms with Crippen molar-refractivity contribution in [3.63, 3.8) is 0 Å². The van der Waals surface area contributed by atoms with Gasteiger partial charge in [-0.1, -0.05) is 19.1 Å². The van der Waals surface area contributed by atoms with E-state index in [0.717, 1.165) is 44.4 Å². The normalized spacial score (nSPS) is 21.0. The number of piperidine rings is 1. The van der Waals surface area contributed by atoms with Crippen molar-refractivity contribution in [3.8, 4) is 0 Å². The highest BCUT2D eigenvalue weighted by molar-refractivity contribution is 7.18. The van der Waals surface area contributed by atoms with Crippen LogP contribution in [-0.2, 0) is 4.74 Å². The number of carbonyl (C=O) groups is 1. The maximum atomic E-state index is 12.3. The molecule has 1 unspecified atom stereocenters. The van der Waals surface area contributed by atoms with Gasteiger partial charge >= 0.3 is 6.09 Å². The van der Waals surface area contributed by atoms with E-state index in [9.17, 15) is 4.79 Å². The first-order valence-electron chi connectivity index (χ1n) is 10.6. The summed E-state index contributed by atoms with van der Waals surface area (Å²) in [5, 5.41) is 4.73. The number of likely N-dealkylation sites (tertiary alicyclic amines) is 1. The molecule has 0 bridgehead atoms. The van der Waals surface area contributed by atoms with Gasteiger partial charge in [0, 0.05) is 31.2 Å². The minimum Gasteiger partial charge on any atom is -0.444 e. The summed E-state index contributed by atoms with van der Waals surface area (Å²) >= 11 is 1.79. The van der Waals surface area contributed by atoms with E-state index in [1.54, 1.807) is 11.3 Å². The second kappa shape index (κ2) is 7.98. The van der Waals surface area contributed by atoms with Gasteiger partial charge in [-0.15, -0.1) is 11.3 Å². The van der Waals surface area contributed by atoms with Gasteiger partial charge in [-0.05, 0) is 63.6 Å². The van der Waals surface area contributed by atoms with Crippen LogP contribution in [0, 0.1) is 5.92 Å². The molecule has 0 saturated carbocycles. The number of hydrogen-bond acceptors (Lipinski definition) is 5. The second-order valence-corrected chi connectivity index (χ2v) is 10.4. The third-order valence-electron chi connectivity index (χ3n) is 5.58. The summed E-state index contributed by atoms with van der Waals surface area (Å²) in [7, 11) is 0. The van der Waals surface area contributed by atoms with E-state index in [0.29, 0.717) is 11.8 Å². The molecule has 4 rings (SSSR count). The Balaban J connectivity index is 1.43. The molecule has 1 aromatic carbocycles. The lowest BCUT2D eigenvalue weighted by molar-refractivity contribution is 0.0205. The van der Waals surface area contributed by atoms with Gasteiger partial charge in [0.15, 0.2) is 0 Å². The van der Waals surface area contributed by atoms with Gasteiger partial charge in [0.25, 0.3) is 0 Å². The molecular weight excluding hydrogens is 382 g/mol. The van der Waals surface area contributed by atoms with Crippen molar-refractivity contribution in [2.24, 2.45) is 5.92 Å². The average molecular weight is 414 g/mol. The van der Waals surface area contributed by atoms with Crippen molar-refractivity contribution >= 4 is 33.3 Å². The van der Waals surface area contributed by atoms with Crippen molar-refractivity contribution in [1.82, 2.24) is 15.2 Å². The molecule has 1 fully saturated rings. The SMILES string of the molecule is CC1CC=C(c2ccc3sc(C4CCN(C(=O)OC(C)(C)C)CC4)nc3c2)NC1. The van der Waals surface area contributed by atoms with Crippen LogP contribution < -0.4 is 5.32 Å². The number of carbonyl (C=O) groups excluding carboxylic acids is 1. The predicted octanol–water partition coefficient (Wildman–Crippen LogP) is 5.38. The molecule has 1 amide bonds. The zero-order chi connectivity index (χ0) is 20.6. The van der Waals surface area contributed by atoms with Crippen LogP contribution in [0.25, 0.3) is 15.9 Å². The Morgan fingerprint density at radius 3 is 2.69 bits per heavy atom. The second-order valence-electron chi connectivity index (χ2n) is 9.32. The highest BCUT2D eigenvalue weighted by Crippen LogP contribution is 2.35. The molecule has 3 heterocycles. The van der Waals surface area contributed by atoms with Crippen LogP contribution in [-0.4, -0.2) is 41.2 Å². The van der Waals surface area contributed by atoms with Gasteiger partial charge in [0.1, 0.15) is 5.60 Å². The van der Waals surface area contributed by atoms with E-state index in [-0.39, 0.29) is 6.09 Å². The van der Waals surface area contributed by atoms with Gasteiger partial charge in [-0.3, -0.25) is 0 Å². The molecule has 6 heteroatoms. The van der Waals surface area contributed by atoms with Gasteiger partial charge in [-0.2, -0.15) is 0 Å². The number of ether oxygens (including phenoxy) is 1. The van der Waals surface area contributed by atoms with E-state index >= 15 is 0 Å². The number of nitrogens with zero attached hydrogens (tertiary/aromatic N) is 2. The maximum absolute atomic E-state index is 12.3. The number of allylic oxidation sites excluding steroid dienone is 1. The minimum absolute atomic E-state index is 0.201. The van der Waals surface area contributed by atoms with Crippen molar-refractivity contribution < 1.29 is 9.53 Å². The van der Waals surface area contributed by atoms with Crippen LogP contribution in [0.3, 0.4) is 0 Å². The molecule has 1 aromatic heterocycles. The number of hydrogen-bond donors (Lipinski definition) is 1. The third kappa shape index (κ3) is 4.74. The minimum atomic E-state index is -0.445. The fourth-order valence-corrected chi connectivity index (χ4v) is 5.02. The Bertz CT molecular complexity index is 920. The number of aromatic nitrogens is 1. The molecule has 156 valence electrons. The molecule has 2 aromatic rings. The molecule has 29 heavy (non-hydrogen) atoms. The Morgan fingerprint density at radius 2 is 2.03 bits per heavy atom. The van der Waals surface area contributed by atoms with Crippen LogP contribution in [0.1, 0.15) is 63.4 Å². The van der Waals surface area contributed by atoms with E-state index in [1.807, 2.05) is 25.7 Å². The fourth-order valence-electron chi connectivity index (χ4n) is 3.90. The van der Waals surface area contributed by atoms with Crippen LogP contribution >= 0.6 is 11.3 Å². The monoisotopic (exact) mass is 413 g/mol. The summed E-state index contributed by atoms with van der Waals surface area (Å²) in [4.78, 5) is 19.1. The highest BCUT2D eigenvalue weighted by Gasteiger charge is 2.29. The smallest absolute Gasteiger partial charge is 0.410 e. The van der Waals surface area contributed by atoms with Crippen LogP contribution in [0.4, 0.5) is 4.79 Å². The van der Waals surface area contributed by atoms with Gasteiger partial charge in [0.05, 0.1) is 15.2 Å². The molecule has 2 aliphatic heterocycles. The van der Waals surface area contributed by atoms with E-state index in [1.165, 1.54) is 21.0 Å². The molecule has 0 aliphatic carbocycles. The molecule has 0 radical (unpaired) electrons. The summed E-state index contributed by atoms with van der Waals surface area (Å²) in [5.74, 6) is 1.11. The third-order valence-corrected chi connectivity index (χ3v) is 6.78. The summed E-state index contributed by atoms with van der Waals surface area (Å²) in [6.07, 6.45) is 5.11. The van der Waals surface area contributed by atoms with Gasteiger partial charge < -0.3 is 15.0 Å². The molecule has 2 aliphatic rings.